The van der Waals surface area contributed by atoms with Crippen LogP contribution < -0.4 is 10.6 Å². The predicted molar refractivity (Wildman–Crippen MR) is 128 cm³/mol. The van der Waals surface area contributed by atoms with E-state index in [1.165, 1.54) is 6.42 Å². The first-order valence-corrected chi connectivity index (χ1v) is 9.99. The standard InChI is InChI=1S/C22H29N5O.HI/c1-23-22(25-14-12-20-7-3-4-13-24-20)26-17-18-8-10-19(11-9-18)21(28)27-15-5-2-6-16-27;/h3-4,7-11,13H,2,5-6,12,14-17H2,1H3,(H2,23,25,26);1H. The number of nitrogens with zero attached hydrogens (tertiary/aromatic N) is 3. The highest BCUT2D eigenvalue weighted by Gasteiger charge is 2.17. The van der Waals surface area contributed by atoms with Crippen molar-refractivity contribution in [3.63, 3.8) is 0 Å². The van der Waals surface area contributed by atoms with E-state index in [0.717, 1.165) is 61.7 Å². The summed E-state index contributed by atoms with van der Waals surface area (Å²) in [6.07, 6.45) is 6.10. The van der Waals surface area contributed by atoms with E-state index in [0.29, 0.717) is 6.54 Å². The second kappa shape index (κ2) is 12.4. The zero-order chi connectivity index (χ0) is 19.6. The summed E-state index contributed by atoms with van der Waals surface area (Å²) in [4.78, 5) is 23.1. The zero-order valence-electron chi connectivity index (χ0n) is 16.9. The Bertz CT molecular complexity index is 774. The Kier molecular flexibility index (Phi) is 9.90. The van der Waals surface area contributed by atoms with E-state index in [4.69, 9.17) is 0 Å². The van der Waals surface area contributed by atoms with Gasteiger partial charge in [0.1, 0.15) is 0 Å². The molecule has 0 atom stereocenters. The molecule has 3 rings (SSSR count). The Labute approximate surface area is 190 Å². The van der Waals surface area contributed by atoms with Gasteiger partial charge in [-0.1, -0.05) is 18.2 Å². The number of hydrogen-bond donors (Lipinski definition) is 2. The molecule has 0 unspecified atom stereocenters. The molecule has 1 amide bonds. The fourth-order valence-electron chi connectivity index (χ4n) is 3.31. The van der Waals surface area contributed by atoms with Crippen LogP contribution in [0.5, 0.6) is 0 Å². The average Bonchev–Trinajstić information content (AvgIpc) is 2.77. The third-order valence-corrected chi connectivity index (χ3v) is 4.93. The van der Waals surface area contributed by atoms with E-state index < -0.39 is 0 Å². The average molecular weight is 507 g/mol. The molecule has 29 heavy (non-hydrogen) atoms. The predicted octanol–water partition coefficient (Wildman–Crippen LogP) is 3.23. The van der Waals surface area contributed by atoms with Crippen molar-refractivity contribution in [3.05, 3.63) is 65.5 Å². The van der Waals surface area contributed by atoms with Gasteiger partial charge in [0.25, 0.3) is 5.91 Å². The number of pyridine rings is 1. The summed E-state index contributed by atoms with van der Waals surface area (Å²) in [7, 11) is 1.76. The largest absolute Gasteiger partial charge is 0.356 e. The van der Waals surface area contributed by atoms with Crippen LogP contribution in [-0.2, 0) is 13.0 Å². The maximum absolute atomic E-state index is 12.5. The SMILES string of the molecule is CN=C(NCCc1ccccn1)NCc1ccc(C(=O)N2CCCCC2)cc1.I. The molecule has 156 valence electrons. The Morgan fingerprint density at radius 2 is 1.83 bits per heavy atom. The number of rotatable bonds is 6. The molecule has 0 saturated carbocycles. The number of guanidine groups is 1. The van der Waals surface area contributed by atoms with Crippen molar-refractivity contribution in [3.8, 4) is 0 Å². The minimum Gasteiger partial charge on any atom is -0.356 e. The van der Waals surface area contributed by atoms with Gasteiger partial charge in [-0.3, -0.25) is 14.8 Å². The summed E-state index contributed by atoms with van der Waals surface area (Å²) in [6, 6.07) is 13.8. The first-order valence-electron chi connectivity index (χ1n) is 9.99. The maximum Gasteiger partial charge on any atom is 0.253 e. The van der Waals surface area contributed by atoms with Gasteiger partial charge in [-0.2, -0.15) is 0 Å². The number of halogens is 1. The number of aromatic nitrogens is 1. The fraction of sp³-hybridized carbons (Fsp3) is 0.409. The second-order valence-corrected chi connectivity index (χ2v) is 6.97. The van der Waals surface area contributed by atoms with Crippen molar-refractivity contribution in [1.82, 2.24) is 20.5 Å². The molecule has 2 N–H and O–H groups in total. The van der Waals surface area contributed by atoms with Gasteiger partial charge < -0.3 is 15.5 Å². The van der Waals surface area contributed by atoms with Crippen LogP contribution in [-0.4, -0.2) is 48.4 Å². The monoisotopic (exact) mass is 507 g/mol. The lowest BCUT2D eigenvalue weighted by Gasteiger charge is -2.26. The normalized spacial score (nSPS) is 14.1. The van der Waals surface area contributed by atoms with Crippen LogP contribution in [0.15, 0.2) is 53.7 Å². The number of carbonyl (C=O) groups is 1. The molecule has 1 aromatic heterocycles. The van der Waals surface area contributed by atoms with Crippen LogP contribution in [0.2, 0.25) is 0 Å². The number of hydrogen-bond acceptors (Lipinski definition) is 3. The summed E-state index contributed by atoms with van der Waals surface area (Å²) in [5.74, 6) is 0.899. The van der Waals surface area contributed by atoms with Crippen molar-refractivity contribution in [2.75, 3.05) is 26.7 Å². The van der Waals surface area contributed by atoms with Crippen LogP contribution in [0.3, 0.4) is 0 Å². The molecule has 1 aromatic carbocycles. The second-order valence-electron chi connectivity index (χ2n) is 6.97. The summed E-state index contributed by atoms with van der Waals surface area (Å²) < 4.78 is 0. The molecular weight excluding hydrogens is 477 g/mol. The van der Waals surface area contributed by atoms with Crippen molar-refractivity contribution < 1.29 is 4.79 Å². The molecule has 2 heterocycles. The van der Waals surface area contributed by atoms with E-state index in [9.17, 15) is 4.79 Å². The Morgan fingerprint density at radius 1 is 1.07 bits per heavy atom. The molecule has 0 radical (unpaired) electrons. The molecule has 1 fully saturated rings. The van der Waals surface area contributed by atoms with E-state index in [1.54, 1.807) is 7.05 Å². The summed E-state index contributed by atoms with van der Waals surface area (Å²) >= 11 is 0. The molecule has 0 bridgehead atoms. The van der Waals surface area contributed by atoms with Crippen LogP contribution in [0.1, 0.15) is 40.9 Å². The number of benzene rings is 1. The molecule has 7 heteroatoms. The number of aliphatic imine (C=N–C) groups is 1. The summed E-state index contributed by atoms with van der Waals surface area (Å²) in [5.41, 5.74) is 2.94. The van der Waals surface area contributed by atoms with E-state index in [-0.39, 0.29) is 29.9 Å². The molecule has 1 saturated heterocycles. The van der Waals surface area contributed by atoms with Gasteiger partial charge in [-0.05, 0) is 49.1 Å². The lowest BCUT2D eigenvalue weighted by molar-refractivity contribution is 0.0724. The van der Waals surface area contributed by atoms with Crippen LogP contribution in [0, 0.1) is 0 Å². The van der Waals surface area contributed by atoms with Crippen LogP contribution in [0.25, 0.3) is 0 Å². The highest BCUT2D eigenvalue weighted by Crippen LogP contribution is 2.13. The van der Waals surface area contributed by atoms with Gasteiger partial charge in [-0.15, -0.1) is 24.0 Å². The van der Waals surface area contributed by atoms with Crippen molar-refractivity contribution in [2.24, 2.45) is 4.99 Å². The van der Waals surface area contributed by atoms with E-state index >= 15 is 0 Å². The Balaban J connectivity index is 0.00000300. The smallest absolute Gasteiger partial charge is 0.253 e. The number of nitrogens with one attached hydrogen (secondary N) is 2. The van der Waals surface area contributed by atoms with Crippen molar-refractivity contribution >= 4 is 35.8 Å². The van der Waals surface area contributed by atoms with E-state index in [2.05, 4.69) is 20.6 Å². The number of carbonyl (C=O) groups excluding carboxylic acids is 1. The van der Waals surface area contributed by atoms with Gasteiger partial charge in [0.15, 0.2) is 5.96 Å². The number of likely N-dealkylation sites (tertiary alicyclic amines) is 1. The molecule has 2 aromatic rings. The molecule has 1 aliphatic rings. The lowest BCUT2D eigenvalue weighted by Crippen LogP contribution is -2.38. The highest BCUT2D eigenvalue weighted by molar-refractivity contribution is 14.0. The topological polar surface area (TPSA) is 69.6 Å². The summed E-state index contributed by atoms with van der Waals surface area (Å²) in [5, 5.41) is 6.61. The highest BCUT2D eigenvalue weighted by atomic mass is 127. The van der Waals surface area contributed by atoms with E-state index in [1.807, 2.05) is 53.6 Å². The summed E-state index contributed by atoms with van der Waals surface area (Å²) in [6.45, 7) is 3.17. The van der Waals surface area contributed by atoms with Gasteiger partial charge in [0, 0.05) is 57.1 Å². The third-order valence-electron chi connectivity index (χ3n) is 4.93. The van der Waals surface area contributed by atoms with Crippen LogP contribution in [0.4, 0.5) is 0 Å². The van der Waals surface area contributed by atoms with Gasteiger partial charge in [-0.25, -0.2) is 0 Å². The first-order chi connectivity index (χ1) is 13.8. The molecule has 0 aliphatic carbocycles. The Hall–Kier alpha value is -2.16. The maximum atomic E-state index is 12.5. The Morgan fingerprint density at radius 3 is 2.48 bits per heavy atom. The number of piperidine rings is 1. The number of amides is 1. The van der Waals surface area contributed by atoms with Gasteiger partial charge in [0.05, 0.1) is 0 Å². The molecule has 6 nitrogen and oxygen atoms in total. The van der Waals surface area contributed by atoms with Crippen molar-refractivity contribution in [2.45, 2.75) is 32.2 Å². The quantitative estimate of drug-likeness (QED) is 0.358. The fourth-order valence-corrected chi connectivity index (χ4v) is 3.31. The van der Waals surface area contributed by atoms with Crippen molar-refractivity contribution in [1.29, 1.82) is 0 Å². The van der Waals surface area contributed by atoms with Gasteiger partial charge in [0.2, 0.25) is 0 Å². The van der Waals surface area contributed by atoms with Crippen LogP contribution >= 0.6 is 24.0 Å². The molecular formula is C22H30IN5O. The minimum atomic E-state index is 0. The zero-order valence-corrected chi connectivity index (χ0v) is 19.3. The van der Waals surface area contributed by atoms with Gasteiger partial charge >= 0.3 is 0 Å². The third kappa shape index (κ3) is 7.30. The molecule has 1 aliphatic heterocycles. The first kappa shape index (κ1) is 23.1. The lowest BCUT2D eigenvalue weighted by atomic mass is 10.1. The molecule has 0 spiro atoms. The minimum absolute atomic E-state index is 0.